The topological polar surface area (TPSA) is 74.2 Å². The second kappa shape index (κ2) is 9.37. The van der Waals surface area contributed by atoms with Gasteiger partial charge < -0.3 is 19.9 Å². The standard InChI is InChI=1S/C16H30N4O3/c1-12(2)10-17-16(18-11-14(21)19(3)4)20-8-6-13(7-9-20)15(22)23-5/h12-13H,6-11H2,1-5H3,(H,17,18). The number of methoxy groups -OCH3 is 1. The number of carbonyl (C=O) groups is 2. The van der Waals surface area contributed by atoms with Crippen LogP contribution in [0.5, 0.6) is 0 Å². The molecular formula is C16H30N4O3. The molecule has 0 radical (unpaired) electrons. The van der Waals surface area contributed by atoms with E-state index in [0.29, 0.717) is 5.92 Å². The van der Waals surface area contributed by atoms with Gasteiger partial charge in [-0.15, -0.1) is 0 Å². The number of carbonyl (C=O) groups excluding carboxylic acids is 2. The average molecular weight is 326 g/mol. The lowest BCUT2D eigenvalue weighted by Gasteiger charge is -2.33. The number of guanidine groups is 1. The number of esters is 1. The molecule has 23 heavy (non-hydrogen) atoms. The number of aliphatic imine (C=N–C) groups is 1. The van der Waals surface area contributed by atoms with E-state index in [1.807, 2.05) is 0 Å². The maximum Gasteiger partial charge on any atom is 0.308 e. The molecule has 0 spiro atoms. The number of hydrogen-bond acceptors (Lipinski definition) is 4. The van der Waals surface area contributed by atoms with Gasteiger partial charge in [0.1, 0.15) is 6.54 Å². The largest absolute Gasteiger partial charge is 0.469 e. The molecule has 1 heterocycles. The van der Waals surface area contributed by atoms with E-state index in [1.54, 1.807) is 14.1 Å². The highest BCUT2D eigenvalue weighted by atomic mass is 16.5. The van der Waals surface area contributed by atoms with Crippen LogP contribution in [0.1, 0.15) is 26.7 Å². The van der Waals surface area contributed by atoms with Gasteiger partial charge in [0.2, 0.25) is 5.91 Å². The van der Waals surface area contributed by atoms with Gasteiger partial charge in [-0.05, 0) is 18.8 Å². The molecule has 0 unspecified atom stereocenters. The fourth-order valence-electron chi connectivity index (χ4n) is 2.34. The molecule has 7 nitrogen and oxygen atoms in total. The Morgan fingerprint density at radius 2 is 1.91 bits per heavy atom. The van der Waals surface area contributed by atoms with Gasteiger partial charge in [-0.3, -0.25) is 9.59 Å². The zero-order chi connectivity index (χ0) is 17.4. The number of nitrogens with zero attached hydrogens (tertiary/aromatic N) is 3. The summed E-state index contributed by atoms with van der Waals surface area (Å²) in [6.45, 7) is 6.65. The molecule has 1 aliphatic heterocycles. The van der Waals surface area contributed by atoms with Crippen LogP contribution in [0.4, 0.5) is 0 Å². The lowest BCUT2D eigenvalue weighted by atomic mass is 9.97. The van der Waals surface area contributed by atoms with Crippen molar-refractivity contribution in [1.82, 2.24) is 15.1 Å². The van der Waals surface area contributed by atoms with Crippen molar-refractivity contribution in [2.24, 2.45) is 16.8 Å². The summed E-state index contributed by atoms with van der Waals surface area (Å²) < 4.78 is 4.82. The molecule has 7 heteroatoms. The van der Waals surface area contributed by atoms with Gasteiger partial charge in [0.15, 0.2) is 5.96 Å². The zero-order valence-electron chi connectivity index (χ0n) is 15.0. The van der Waals surface area contributed by atoms with E-state index in [2.05, 4.69) is 29.1 Å². The van der Waals surface area contributed by atoms with Crippen LogP contribution in [0.25, 0.3) is 0 Å². The first kappa shape index (κ1) is 19.3. The van der Waals surface area contributed by atoms with Crippen LogP contribution in [0, 0.1) is 11.8 Å². The predicted molar refractivity (Wildman–Crippen MR) is 90.1 cm³/mol. The Hall–Kier alpha value is -1.79. The second-order valence-corrected chi connectivity index (χ2v) is 6.49. The van der Waals surface area contributed by atoms with Crippen LogP contribution in [0.15, 0.2) is 4.99 Å². The van der Waals surface area contributed by atoms with Crippen LogP contribution in [0.2, 0.25) is 0 Å². The molecule has 1 fully saturated rings. The summed E-state index contributed by atoms with van der Waals surface area (Å²) >= 11 is 0. The summed E-state index contributed by atoms with van der Waals surface area (Å²) in [7, 11) is 4.88. The van der Waals surface area contributed by atoms with Crippen molar-refractivity contribution < 1.29 is 14.3 Å². The number of piperidine rings is 1. The first-order valence-electron chi connectivity index (χ1n) is 8.16. The second-order valence-electron chi connectivity index (χ2n) is 6.49. The Morgan fingerprint density at radius 3 is 2.39 bits per heavy atom. The van der Waals surface area contributed by atoms with Crippen molar-refractivity contribution in [2.45, 2.75) is 26.7 Å². The Kier molecular flexibility index (Phi) is 7.85. The van der Waals surface area contributed by atoms with Gasteiger partial charge in [-0.1, -0.05) is 13.8 Å². The third kappa shape index (κ3) is 6.46. The molecule has 0 aromatic carbocycles. The molecule has 0 aromatic heterocycles. The Balaban J connectivity index is 2.67. The molecule has 1 amide bonds. The molecule has 1 rings (SSSR count). The fourth-order valence-corrected chi connectivity index (χ4v) is 2.34. The van der Waals surface area contributed by atoms with Crippen molar-refractivity contribution in [3.8, 4) is 0 Å². The first-order valence-corrected chi connectivity index (χ1v) is 8.16. The maximum absolute atomic E-state index is 11.8. The zero-order valence-corrected chi connectivity index (χ0v) is 15.0. The quantitative estimate of drug-likeness (QED) is 0.454. The van der Waals surface area contributed by atoms with Crippen molar-refractivity contribution in [3.05, 3.63) is 0 Å². The van der Waals surface area contributed by atoms with Gasteiger partial charge in [0.05, 0.1) is 13.0 Å². The SMILES string of the molecule is COC(=O)C1CCN(C(=NCC(=O)N(C)C)NCC(C)C)CC1. The molecule has 0 aromatic rings. The lowest BCUT2D eigenvalue weighted by molar-refractivity contribution is -0.146. The predicted octanol–water partition coefficient (Wildman–Crippen LogP) is 0.561. The monoisotopic (exact) mass is 326 g/mol. The number of nitrogens with one attached hydrogen (secondary N) is 1. The summed E-state index contributed by atoms with van der Waals surface area (Å²) in [6, 6.07) is 0. The van der Waals surface area contributed by atoms with Crippen LogP contribution < -0.4 is 5.32 Å². The van der Waals surface area contributed by atoms with Gasteiger partial charge in [-0.2, -0.15) is 0 Å². The average Bonchev–Trinajstić information content (AvgIpc) is 2.53. The molecule has 0 saturated carbocycles. The van der Waals surface area contributed by atoms with Gasteiger partial charge in [-0.25, -0.2) is 4.99 Å². The van der Waals surface area contributed by atoms with Crippen molar-refractivity contribution in [1.29, 1.82) is 0 Å². The minimum Gasteiger partial charge on any atom is -0.469 e. The summed E-state index contributed by atoms with van der Waals surface area (Å²) in [5.41, 5.74) is 0. The van der Waals surface area contributed by atoms with Crippen molar-refractivity contribution in [3.63, 3.8) is 0 Å². The highest BCUT2D eigenvalue weighted by Gasteiger charge is 2.27. The molecule has 0 bridgehead atoms. The minimum atomic E-state index is -0.138. The van der Waals surface area contributed by atoms with E-state index in [1.165, 1.54) is 12.0 Å². The third-order valence-electron chi connectivity index (χ3n) is 3.86. The third-order valence-corrected chi connectivity index (χ3v) is 3.86. The summed E-state index contributed by atoms with van der Waals surface area (Å²) in [6.07, 6.45) is 1.49. The van der Waals surface area contributed by atoms with E-state index >= 15 is 0 Å². The molecule has 1 aliphatic rings. The number of rotatable bonds is 5. The van der Waals surface area contributed by atoms with Crippen LogP contribution in [-0.2, 0) is 14.3 Å². The van der Waals surface area contributed by atoms with Crippen LogP contribution in [-0.4, -0.2) is 75.0 Å². The molecule has 0 aliphatic carbocycles. The van der Waals surface area contributed by atoms with Gasteiger partial charge in [0, 0.05) is 33.7 Å². The summed E-state index contributed by atoms with van der Waals surface area (Å²) in [5, 5.41) is 3.33. The first-order chi connectivity index (χ1) is 10.8. The van der Waals surface area contributed by atoms with E-state index < -0.39 is 0 Å². The summed E-state index contributed by atoms with van der Waals surface area (Å²) in [4.78, 5) is 31.5. The lowest BCUT2D eigenvalue weighted by Crippen LogP contribution is -2.48. The number of hydrogen-bond donors (Lipinski definition) is 1. The van der Waals surface area contributed by atoms with Gasteiger partial charge >= 0.3 is 5.97 Å². The fraction of sp³-hybridized carbons (Fsp3) is 0.812. The Bertz CT molecular complexity index is 427. The minimum absolute atomic E-state index is 0.0294. The van der Waals surface area contributed by atoms with E-state index in [0.717, 1.165) is 38.4 Å². The number of amides is 1. The smallest absolute Gasteiger partial charge is 0.308 e. The number of likely N-dealkylation sites (tertiary alicyclic amines) is 1. The van der Waals surface area contributed by atoms with E-state index in [4.69, 9.17) is 4.74 Å². The van der Waals surface area contributed by atoms with E-state index in [9.17, 15) is 9.59 Å². The molecule has 0 atom stereocenters. The summed E-state index contributed by atoms with van der Waals surface area (Å²) in [5.74, 6) is 1.03. The van der Waals surface area contributed by atoms with E-state index in [-0.39, 0.29) is 24.3 Å². The highest BCUT2D eigenvalue weighted by molar-refractivity contribution is 5.85. The number of likely N-dealkylation sites (N-methyl/N-ethyl adjacent to an activating group) is 1. The van der Waals surface area contributed by atoms with Gasteiger partial charge in [0.25, 0.3) is 0 Å². The number of ether oxygens (including phenoxy) is 1. The molecule has 1 N–H and O–H groups in total. The highest BCUT2D eigenvalue weighted by Crippen LogP contribution is 2.18. The van der Waals surface area contributed by atoms with Crippen LogP contribution >= 0.6 is 0 Å². The van der Waals surface area contributed by atoms with Crippen LogP contribution in [0.3, 0.4) is 0 Å². The molecule has 1 saturated heterocycles. The van der Waals surface area contributed by atoms with Crippen molar-refractivity contribution >= 4 is 17.8 Å². The Labute approximate surface area is 139 Å². The Morgan fingerprint density at radius 1 is 1.30 bits per heavy atom. The van der Waals surface area contributed by atoms with Crippen molar-refractivity contribution in [2.75, 3.05) is 47.4 Å². The molecular weight excluding hydrogens is 296 g/mol. The normalized spacial score (nSPS) is 16.4. The molecule has 132 valence electrons. The maximum atomic E-state index is 11.8.